The van der Waals surface area contributed by atoms with E-state index in [0.29, 0.717) is 24.6 Å². The fourth-order valence-electron chi connectivity index (χ4n) is 3.38. The minimum atomic E-state index is -3.10. The lowest BCUT2D eigenvalue weighted by molar-refractivity contribution is 0.166. The van der Waals surface area contributed by atoms with Crippen LogP contribution in [0, 0.1) is 17.6 Å². The molecule has 0 atom stereocenters. The number of likely N-dealkylation sites (tertiary alicyclic amines) is 1. The number of benzene rings is 1. The maximum absolute atomic E-state index is 13.2. The monoisotopic (exact) mass is 358 g/mol. The maximum Gasteiger partial charge on any atom is 0.216 e. The van der Waals surface area contributed by atoms with E-state index < -0.39 is 21.7 Å². The average molecular weight is 358 g/mol. The van der Waals surface area contributed by atoms with Crippen molar-refractivity contribution in [2.24, 2.45) is 5.92 Å². The third-order valence-corrected chi connectivity index (χ3v) is 7.26. The molecule has 0 aromatic heterocycles. The highest BCUT2D eigenvalue weighted by Gasteiger charge is 2.39. The van der Waals surface area contributed by atoms with Crippen LogP contribution >= 0.6 is 0 Å². The van der Waals surface area contributed by atoms with E-state index in [0.717, 1.165) is 44.8 Å². The van der Waals surface area contributed by atoms with Crippen molar-refractivity contribution in [1.29, 1.82) is 0 Å². The molecule has 3 rings (SSSR count). The van der Waals surface area contributed by atoms with E-state index in [1.165, 1.54) is 16.4 Å². The van der Waals surface area contributed by atoms with E-state index in [1.807, 2.05) is 0 Å². The molecule has 0 unspecified atom stereocenters. The summed E-state index contributed by atoms with van der Waals surface area (Å²) < 4.78 is 52.4. The van der Waals surface area contributed by atoms with Crippen molar-refractivity contribution in [3.63, 3.8) is 0 Å². The zero-order valence-corrected chi connectivity index (χ0v) is 14.7. The van der Waals surface area contributed by atoms with Crippen molar-refractivity contribution in [1.82, 2.24) is 9.21 Å². The van der Waals surface area contributed by atoms with Gasteiger partial charge in [-0.15, -0.1) is 0 Å². The molecule has 4 nitrogen and oxygen atoms in total. The van der Waals surface area contributed by atoms with Gasteiger partial charge in [0.05, 0.1) is 5.25 Å². The summed E-state index contributed by atoms with van der Waals surface area (Å²) in [6.07, 6.45) is 3.38. The first-order valence-electron chi connectivity index (χ1n) is 8.47. The van der Waals surface area contributed by atoms with Crippen LogP contribution in [0.3, 0.4) is 0 Å². The molecular weight excluding hydrogens is 334 g/mol. The molecule has 2 fully saturated rings. The topological polar surface area (TPSA) is 40.6 Å². The van der Waals surface area contributed by atoms with Crippen molar-refractivity contribution >= 4 is 10.0 Å². The van der Waals surface area contributed by atoms with Crippen LogP contribution in [0.2, 0.25) is 0 Å². The summed E-state index contributed by atoms with van der Waals surface area (Å²) in [4.78, 5) is 2.17. The van der Waals surface area contributed by atoms with Gasteiger partial charge in [0.1, 0.15) is 11.6 Å². The Morgan fingerprint density at radius 3 is 2.21 bits per heavy atom. The van der Waals surface area contributed by atoms with Gasteiger partial charge in [-0.2, -0.15) is 0 Å². The molecule has 0 spiro atoms. The van der Waals surface area contributed by atoms with Gasteiger partial charge in [0.15, 0.2) is 0 Å². The third-order valence-electron chi connectivity index (χ3n) is 4.93. The number of nitrogens with zero attached hydrogens (tertiary/aromatic N) is 2. The summed E-state index contributed by atoms with van der Waals surface area (Å²) in [7, 11) is -1.42. The minimum Gasteiger partial charge on any atom is -0.299 e. The summed E-state index contributed by atoms with van der Waals surface area (Å²) in [6.45, 7) is 2.74. The van der Waals surface area contributed by atoms with E-state index in [1.54, 1.807) is 7.05 Å². The SMILES string of the molecule is CN(CC1CCN(Cc2cc(F)cc(F)c2)CC1)S(=O)(=O)C1CC1. The molecule has 1 heterocycles. The summed E-state index contributed by atoms with van der Waals surface area (Å²) in [5.41, 5.74) is 0.638. The van der Waals surface area contributed by atoms with Crippen molar-refractivity contribution < 1.29 is 17.2 Å². The Bertz CT molecular complexity index is 664. The second kappa shape index (κ2) is 7.06. The molecule has 0 bridgehead atoms. The van der Waals surface area contributed by atoms with Gasteiger partial charge in [0.2, 0.25) is 10.0 Å². The van der Waals surface area contributed by atoms with Crippen molar-refractivity contribution in [2.75, 3.05) is 26.7 Å². The van der Waals surface area contributed by atoms with Gasteiger partial charge in [0, 0.05) is 26.2 Å². The number of rotatable bonds is 6. The van der Waals surface area contributed by atoms with Crippen LogP contribution in [0.25, 0.3) is 0 Å². The third kappa shape index (κ3) is 4.32. The number of sulfonamides is 1. The van der Waals surface area contributed by atoms with Gasteiger partial charge in [-0.05, 0) is 62.4 Å². The number of hydrogen-bond donors (Lipinski definition) is 0. The van der Waals surface area contributed by atoms with Gasteiger partial charge in [-0.1, -0.05) is 0 Å². The summed E-state index contributed by atoms with van der Waals surface area (Å²) in [5.74, 6) is -0.748. The standard InChI is InChI=1S/C17H24F2N2O2S/c1-20(24(22,23)17-2-3-17)11-13-4-6-21(7-5-13)12-14-8-15(18)10-16(19)9-14/h8-10,13,17H,2-7,11-12H2,1H3. The van der Waals surface area contributed by atoms with Crippen LogP contribution in [0.15, 0.2) is 18.2 Å². The molecule has 1 aliphatic heterocycles. The molecule has 0 amide bonds. The molecule has 0 N–H and O–H groups in total. The maximum atomic E-state index is 13.2. The zero-order chi connectivity index (χ0) is 17.3. The van der Waals surface area contributed by atoms with Crippen LogP contribution in [0.5, 0.6) is 0 Å². The zero-order valence-electron chi connectivity index (χ0n) is 13.9. The Balaban J connectivity index is 1.49. The molecule has 1 aromatic carbocycles. The number of hydrogen-bond acceptors (Lipinski definition) is 3. The van der Waals surface area contributed by atoms with Gasteiger partial charge in [-0.3, -0.25) is 4.90 Å². The van der Waals surface area contributed by atoms with Crippen LogP contribution in [-0.4, -0.2) is 49.6 Å². The molecule has 7 heteroatoms. The molecule has 134 valence electrons. The average Bonchev–Trinajstić information content (AvgIpc) is 3.33. The smallest absolute Gasteiger partial charge is 0.216 e. The Labute approximate surface area is 142 Å². The number of halogens is 2. The van der Waals surface area contributed by atoms with Crippen molar-refractivity contribution in [3.05, 3.63) is 35.4 Å². The van der Waals surface area contributed by atoms with Crippen molar-refractivity contribution in [3.8, 4) is 0 Å². The van der Waals surface area contributed by atoms with E-state index in [-0.39, 0.29) is 5.25 Å². The van der Waals surface area contributed by atoms with Gasteiger partial charge < -0.3 is 0 Å². The first-order chi connectivity index (χ1) is 11.3. The Morgan fingerprint density at radius 2 is 1.67 bits per heavy atom. The largest absolute Gasteiger partial charge is 0.299 e. The lowest BCUT2D eigenvalue weighted by atomic mass is 9.96. The fraction of sp³-hybridized carbons (Fsp3) is 0.647. The Morgan fingerprint density at radius 1 is 1.08 bits per heavy atom. The normalized spacial score (nSPS) is 20.7. The molecule has 1 saturated carbocycles. The predicted molar refractivity (Wildman–Crippen MR) is 88.9 cm³/mol. The molecule has 24 heavy (non-hydrogen) atoms. The molecule has 1 saturated heterocycles. The van der Waals surface area contributed by atoms with Crippen LogP contribution in [0.1, 0.15) is 31.2 Å². The highest BCUT2D eigenvalue weighted by Crippen LogP contribution is 2.31. The predicted octanol–water partition coefficient (Wildman–Crippen LogP) is 2.60. The van der Waals surface area contributed by atoms with Crippen LogP contribution < -0.4 is 0 Å². The van der Waals surface area contributed by atoms with E-state index in [9.17, 15) is 17.2 Å². The first kappa shape index (κ1) is 17.8. The molecule has 1 aliphatic carbocycles. The van der Waals surface area contributed by atoms with E-state index in [2.05, 4.69) is 4.90 Å². The lowest BCUT2D eigenvalue weighted by Crippen LogP contribution is -2.40. The summed E-state index contributed by atoms with van der Waals surface area (Å²) in [6, 6.07) is 3.61. The molecule has 1 aromatic rings. The Kier molecular flexibility index (Phi) is 5.22. The molecule has 2 aliphatic rings. The van der Waals surface area contributed by atoms with Crippen LogP contribution in [0.4, 0.5) is 8.78 Å². The summed E-state index contributed by atoms with van der Waals surface area (Å²) in [5, 5.41) is -0.162. The molecule has 0 radical (unpaired) electrons. The second-order valence-corrected chi connectivity index (χ2v) is 9.34. The highest BCUT2D eigenvalue weighted by molar-refractivity contribution is 7.90. The quantitative estimate of drug-likeness (QED) is 0.785. The number of piperidine rings is 1. The second-order valence-electron chi connectivity index (χ2n) is 7.02. The Hall–Kier alpha value is -1.05. The first-order valence-corrected chi connectivity index (χ1v) is 9.97. The van der Waals surface area contributed by atoms with E-state index >= 15 is 0 Å². The van der Waals surface area contributed by atoms with E-state index in [4.69, 9.17) is 0 Å². The van der Waals surface area contributed by atoms with Gasteiger partial charge in [-0.25, -0.2) is 21.5 Å². The fourth-order valence-corrected chi connectivity index (χ4v) is 5.03. The lowest BCUT2D eigenvalue weighted by Gasteiger charge is -2.33. The minimum absolute atomic E-state index is 0.162. The van der Waals surface area contributed by atoms with Crippen LogP contribution in [-0.2, 0) is 16.6 Å². The van der Waals surface area contributed by atoms with Crippen molar-refractivity contribution in [2.45, 2.75) is 37.5 Å². The summed E-state index contributed by atoms with van der Waals surface area (Å²) >= 11 is 0. The molecular formula is C17H24F2N2O2S. The highest BCUT2D eigenvalue weighted by atomic mass is 32.2. The van der Waals surface area contributed by atoms with Gasteiger partial charge >= 0.3 is 0 Å². The van der Waals surface area contributed by atoms with Gasteiger partial charge in [0.25, 0.3) is 0 Å².